The first-order valence-electron chi connectivity index (χ1n) is 6.83. The van der Waals surface area contributed by atoms with Gasteiger partial charge in [-0.1, -0.05) is 23.7 Å². The molecule has 1 rings (SSSR count). The van der Waals surface area contributed by atoms with Gasteiger partial charge in [-0.3, -0.25) is 4.79 Å². The third kappa shape index (κ3) is 6.16. The van der Waals surface area contributed by atoms with Crippen LogP contribution in [0.5, 0.6) is 0 Å². The maximum Gasteiger partial charge on any atom is 0.324 e. The third-order valence-electron chi connectivity index (χ3n) is 2.73. The highest BCUT2D eigenvalue weighted by Crippen LogP contribution is 2.14. The van der Waals surface area contributed by atoms with Gasteiger partial charge in [0.15, 0.2) is 0 Å². The van der Waals surface area contributed by atoms with Crippen LogP contribution in [-0.4, -0.2) is 27.6 Å². The largest absolute Gasteiger partial charge is 0.465 e. The molecule has 0 aromatic heterocycles. The predicted octanol–water partition coefficient (Wildman–Crippen LogP) is 2.87. The molecule has 118 valence electrons. The Balaban J connectivity index is 2.84. The molecule has 0 spiro atoms. The van der Waals surface area contributed by atoms with Gasteiger partial charge >= 0.3 is 5.97 Å². The monoisotopic (exact) mass is 331 g/mol. The number of hydrogen-bond acceptors (Lipinski definition) is 3. The number of benzene rings is 1. The number of carbonyl (C=O) groups excluding carboxylic acids is 1. The summed E-state index contributed by atoms with van der Waals surface area (Å²) < 4.78 is 19.7. The van der Waals surface area contributed by atoms with Gasteiger partial charge in [0, 0.05) is 5.02 Å². The van der Waals surface area contributed by atoms with Crippen LogP contribution < -0.4 is 4.72 Å². The minimum Gasteiger partial charge on any atom is -0.465 e. The van der Waals surface area contributed by atoms with Crippen LogP contribution in [0.2, 0.25) is 5.02 Å². The number of carbonyl (C=O) groups is 1. The lowest BCUT2D eigenvalue weighted by molar-refractivity contribution is -0.145. The van der Waals surface area contributed by atoms with E-state index in [1.54, 1.807) is 19.1 Å². The average Bonchev–Trinajstić information content (AvgIpc) is 2.39. The SMILES string of the molecule is CCOC(=O)C(Cc1ccc(Cl)cc1)NS(=O)C(C)(C)C. The van der Waals surface area contributed by atoms with Crippen molar-refractivity contribution in [2.24, 2.45) is 0 Å². The van der Waals surface area contributed by atoms with Crippen molar-refractivity contribution in [2.75, 3.05) is 6.61 Å². The summed E-state index contributed by atoms with van der Waals surface area (Å²) in [6.07, 6.45) is 0.401. The predicted molar refractivity (Wildman–Crippen MR) is 86.6 cm³/mol. The van der Waals surface area contributed by atoms with Gasteiger partial charge in [-0.25, -0.2) is 8.93 Å². The minimum atomic E-state index is -1.35. The highest BCUT2D eigenvalue weighted by molar-refractivity contribution is 7.84. The van der Waals surface area contributed by atoms with Gasteiger partial charge in [0.2, 0.25) is 0 Å². The molecule has 0 aliphatic heterocycles. The van der Waals surface area contributed by atoms with Gasteiger partial charge in [-0.2, -0.15) is 0 Å². The zero-order chi connectivity index (χ0) is 16.0. The lowest BCUT2D eigenvalue weighted by Gasteiger charge is -2.23. The molecule has 0 heterocycles. The average molecular weight is 332 g/mol. The zero-order valence-corrected chi connectivity index (χ0v) is 14.4. The Kier molecular flexibility index (Phi) is 6.84. The van der Waals surface area contributed by atoms with E-state index in [0.717, 1.165) is 5.56 Å². The van der Waals surface area contributed by atoms with Crippen LogP contribution in [0.4, 0.5) is 0 Å². The molecule has 21 heavy (non-hydrogen) atoms. The normalized spacial score (nSPS) is 14.5. The van der Waals surface area contributed by atoms with E-state index in [1.807, 2.05) is 32.9 Å². The molecule has 0 saturated carbocycles. The van der Waals surface area contributed by atoms with Gasteiger partial charge in [0.25, 0.3) is 0 Å². The third-order valence-corrected chi connectivity index (χ3v) is 4.59. The van der Waals surface area contributed by atoms with Gasteiger partial charge in [-0.15, -0.1) is 0 Å². The number of esters is 1. The van der Waals surface area contributed by atoms with Crippen molar-refractivity contribution in [1.82, 2.24) is 4.72 Å². The van der Waals surface area contributed by atoms with Crippen LogP contribution in [0, 0.1) is 0 Å². The van der Waals surface area contributed by atoms with Crippen molar-refractivity contribution >= 4 is 28.6 Å². The molecule has 0 radical (unpaired) electrons. The molecule has 0 aliphatic rings. The van der Waals surface area contributed by atoms with Gasteiger partial charge in [-0.05, 0) is 51.8 Å². The molecule has 1 aromatic rings. The van der Waals surface area contributed by atoms with Crippen LogP contribution in [0.1, 0.15) is 33.3 Å². The van der Waals surface area contributed by atoms with Crippen molar-refractivity contribution in [3.63, 3.8) is 0 Å². The number of nitrogens with one attached hydrogen (secondary N) is 1. The van der Waals surface area contributed by atoms with Gasteiger partial charge in [0.05, 0.1) is 22.3 Å². The summed E-state index contributed by atoms with van der Waals surface area (Å²) in [5.41, 5.74) is 0.927. The topological polar surface area (TPSA) is 55.4 Å². The standard InChI is InChI=1S/C15H22ClNO3S/c1-5-20-14(18)13(17-21(19)15(2,3)4)10-11-6-8-12(16)9-7-11/h6-9,13,17H,5,10H2,1-4H3. The van der Waals surface area contributed by atoms with E-state index in [-0.39, 0.29) is 0 Å². The number of rotatable bonds is 6. The first kappa shape index (κ1) is 18.1. The molecule has 2 unspecified atom stereocenters. The van der Waals surface area contributed by atoms with Crippen LogP contribution in [-0.2, 0) is 26.9 Å². The van der Waals surface area contributed by atoms with E-state index < -0.39 is 27.7 Å². The van der Waals surface area contributed by atoms with Crippen molar-refractivity contribution in [1.29, 1.82) is 0 Å². The van der Waals surface area contributed by atoms with Crippen molar-refractivity contribution in [3.05, 3.63) is 34.9 Å². The summed E-state index contributed by atoms with van der Waals surface area (Å²) in [5.74, 6) is -0.398. The second kappa shape index (κ2) is 7.92. The van der Waals surface area contributed by atoms with E-state index in [0.29, 0.717) is 18.1 Å². The number of halogens is 1. The van der Waals surface area contributed by atoms with Gasteiger partial charge in [0.1, 0.15) is 6.04 Å². The Morgan fingerprint density at radius 1 is 1.33 bits per heavy atom. The van der Waals surface area contributed by atoms with Crippen molar-refractivity contribution in [2.45, 2.75) is 44.9 Å². The lowest BCUT2D eigenvalue weighted by Crippen LogP contribution is -2.45. The summed E-state index contributed by atoms with van der Waals surface area (Å²) in [5, 5.41) is 0.637. The summed E-state index contributed by atoms with van der Waals surface area (Å²) in [6, 6.07) is 6.57. The number of ether oxygens (including phenoxy) is 1. The van der Waals surface area contributed by atoms with Crippen LogP contribution >= 0.6 is 11.6 Å². The second-order valence-corrected chi connectivity index (χ2v) is 8.07. The molecule has 1 N–H and O–H groups in total. The molecule has 0 saturated heterocycles. The highest BCUT2D eigenvalue weighted by atomic mass is 35.5. The Bertz CT molecular complexity index is 497. The molecular weight excluding hydrogens is 310 g/mol. The van der Waals surface area contributed by atoms with Crippen LogP contribution in [0.25, 0.3) is 0 Å². The highest BCUT2D eigenvalue weighted by Gasteiger charge is 2.27. The molecule has 1 aromatic carbocycles. The second-order valence-electron chi connectivity index (χ2n) is 5.63. The Labute approximate surface area is 133 Å². The number of hydrogen-bond donors (Lipinski definition) is 1. The fraction of sp³-hybridized carbons (Fsp3) is 0.533. The fourth-order valence-corrected chi connectivity index (χ4v) is 2.50. The smallest absolute Gasteiger partial charge is 0.324 e. The lowest BCUT2D eigenvalue weighted by atomic mass is 10.1. The molecule has 0 bridgehead atoms. The summed E-state index contributed by atoms with van der Waals surface area (Å²) in [4.78, 5) is 12.0. The van der Waals surface area contributed by atoms with Crippen LogP contribution in [0.3, 0.4) is 0 Å². The Morgan fingerprint density at radius 3 is 2.38 bits per heavy atom. The molecule has 2 atom stereocenters. The maximum absolute atomic E-state index is 12.2. The van der Waals surface area contributed by atoms with Crippen LogP contribution in [0.15, 0.2) is 24.3 Å². The van der Waals surface area contributed by atoms with E-state index in [1.165, 1.54) is 0 Å². The molecule has 0 amide bonds. The van der Waals surface area contributed by atoms with E-state index in [9.17, 15) is 9.00 Å². The van der Waals surface area contributed by atoms with E-state index in [4.69, 9.17) is 16.3 Å². The molecule has 0 fully saturated rings. The first-order valence-corrected chi connectivity index (χ1v) is 8.36. The van der Waals surface area contributed by atoms with Crippen molar-refractivity contribution < 1.29 is 13.7 Å². The Morgan fingerprint density at radius 2 is 1.90 bits per heavy atom. The Hall–Kier alpha value is -0.910. The fourth-order valence-electron chi connectivity index (χ4n) is 1.58. The maximum atomic E-state index is 12.2. The first-order chi connectivity index (χ1) is 9.74. The van der Waals surface area contributed by atoms with Gasteiger partial charge < -0.3 is 4.74 Å². The molecule has 6 heteroatoms. The van der Waals surface area contributed by atoms with E-state index in [2.05, 4.69) is 4.72 Å². The zero-order valence-electron chi connectivity index (χ0n) is 12.8. The molecular formula is C15H22ClNO3S. The van der Waals surface area contributed by atoms with Crippen molar-refractivity contribution in [3.8, 4) is 0 Å². The summed E-state index contributed by atoms with van der Waals surface area (Å²) >= 11 is 5.85. The minimum absolute atomic E-state index is 0.291. The summed E-state index contributed by atoms with van der Waals surface area (Å²) in [6.45, 7) is 7.58. The summed E-state index contributed by atoms with van der Waals surface area (Å²) in [7, 11) is -1.35. The molecule has 4 nitrogen and oxygen atoms in total. The molecule has 0 aliphatic carbocycles. The van der Waals surface area contributed by atoms with E-state index >= 15 is 0 Å². The quantitative estimate of drug-likeness (QED) is 0.815.